The minimum atomic E-state index is -2.90. The molecule has 1 aliphatic rings. The van der Waals surface area contributed by atoms with Crippen molar-refractivity contribution in [1.82, 2.24) is 14.9 Å². The largest absolute Gasteiger partial charge is 0.433 e. The number of carbonyl (C=O) groups is 1. The number of thiophene rings is 1. The average molecular weight is 434 g/mol. The molecule has 30 heavy (non-hydrogen) atoms. The fourth-order valence-electron chi connectivity index (χ4n) is 3.69. The van der Waals surface area contributed by atoms with Gasteiger partial charge in [0, 0.05) is 26.2 Å². The first-order valence-electron chi connectivity index (χ1n) is 9.39. The number of hydrogen-bond donors (Lipinski definition) is 1. The molecule has 158 valence electrons. The summed E-state index contributed by atoms with van der Waals surface area (Å²) in [6.45, 7) is -0.0848. The summed E-state index contributed by atoms with van der Waals surface area (Å²) in [5.41, 5.74) is 1.00. The first-order chi connectivity index (χ1) is 14.3. The second-order valence-electron chi connectivity index (χ2n) is 7.15. The number of fused-ring (bicyclic) bond motifs is 1. The number of hydrogen-bond acceptors (Lipinski definition) is 6. The van der Waals surface area contributed by atoms with Crippen molar-refractivity contribution in [2.24, 2.45) is 7.05 Å². The summed E-state index contributed by atoms with van der Waals surface area (Å²) < 4.78 is 31.4. The Morgan fingerprint density at radius 3 is 2.90 bits per heavy atom. The molecule has 1 aromatic carbocycles. The van der Waals surface area contributed by atoms with E-state index in [0.717, 1.165) is 0 Å². The van der Waals surface area contributed by atoms with Crippen molar-refractivity contribution in [3.05, 3.63) is 51.4 Å². The van der Waals surface area contributed by atoms with Crippen molar-refractivity contribution in [2.45, 2.75) is 26.0 Å². The van der Waals surface area contributed by atoms with Crippen molar-refractivity contribution in [1.29, 1.82) is 0 Å². The standard InChI is InChI=1S/C20H20F2N4O3S/c1-11-15-18(23-10-25(2)19(15)28)30-16(11)17(27)24-12-7-8-26(9-12)13-5-3-4-6-14(13)29-20(21)22/h3-6,10,12,20H,7-9H2,1-2H3,(H,24,27). The molecular weight excluding hydrogens is 414 g/mol. The molecule has 4 rings (SSSR count). The molecule has 1 atom stereocenters. The maximum atomic E-state index is 12.9. The number of benzene rings is 1. The van der Waals surface area contributed by atoms with Crippen LogP contribution in [-0.4, -0.2) is 41.2 Å². The Bertz CT molecular complexity index is 1160. The Morgan fingerprint density at radius 2 is 2.13 bits per heavy atom. The van der Waals surface area contributed by atoms with Gasteiger partial charge in [0.1, 0.15) is 10.6 Å². The van der Waals surface area contributed by atoms with Crippen LogP contribution in [0.5, 0.6) is 5.75 Å². The molecule has 0 aliphatic carbocycles. The lowest BCUT2D eigenvalue weighted by Crippen LogP contribution is -2.37. The smallest absolute Gasteiger partial charge is 0.387 e. The van der Waals surface area contributed by atoms with Crippen molar-refractivity contribution in [3.63, 3.8) is 0 Å². The lowest BCUT2D eigenvalue weighted by molar-refractivity contribution is -0.0495. The van der Waals surface area contributed by atoms with Gasteiger partial charge in [-0.3, -0.25) is 9.59 Å². The normalized spacial score (nSPS) is 16.4. The molecule has 1 amide bonds. The third-order valence-electron chi connectivity index (χ3n) is 5.16. The van der Waals surface area contributed by atoms with E-state index in [-0.39, 0.29) is 23.3 Å². The number of halogens is 2. The van der Waals surface area contributed by atoms with E-state index in [1.807, 2.05) is 4.90 Å². The number of ether oxygens (including phenoxy) is 1. The zero-order chi connectivity index (χ0) is 21.4. The van der Waals surface area contributed by atoms with Gasteiger partial charge < -0.3 is 19.5 Å². The molecule has 1 N–H and O–H groups in total. The second-order valence-corrected chi connectivity index (χ2v) is 8.15. The number of aromatic nitrogens is 2. The summed E-state index contributed by atoms with van der Waals surface area (Å²) in [6, 6.07) is 6.46. The van der Waals surface area contributed by atoms with Crippen LogP contribution in [0.3, 0.4) is 0 Å². The number of carbonyl (C=O) groups excluding carboxylic acids is 1. The fourth-order valence-corrected chi connectivity index (χ4v) is 4.73. The lowest BCUT2D eigenvalue weighted by Gasteiger charge is -2.22. The molecule has 3 heterocycles. The Morgan fingerprint density at radius 1 is 1.37 bits per heavy atom. The highest BCUT2D eigenvalue weighted by molar-refractivity contribution is 7.20. The third-order valence-corrected chi connectivity index (χ3v) is 6.36. The summed E-state index contributed by atoms with van der Waals surface area (Å²) in [4.78, 5) is 32.4. The predicted molar refractivity (Wildman–Crippen MR) is 111 cm³/mol. The Balaban J connectivity index is 1.50. The molecule has 1 unspecified atom stereocenters. The van der Waals surface area contributed by atoms with Crippen LogP contribution in [0, 0.1) is 6.92 Å². The molecule has 10 heteroatoms. The molecule has 0 saturated carbocycles. The molecular formula is C20H20F2N4O3S. The first-order valence-corrected chi connectivity index (χ1v) is 10.2. The van der Waals surface area contributed by atoms with Crippen molar-refractivity contribution < 1.29 is 18.3 Å². The summed E-state index contributed by atoms with van der Waals surface area (Å²) >= 11 is 1.19. The van der Waals surface area contributed by atoms with Gasteiger partial charge in [0.2, 0.25) is 0 Å². The number of anilines is 1. The highest BCUT2D eigenvalue weighted by Crippen LogP contribution is 2.32. The van der Waals surface area contributed by atoms with Gasteiger partial charge in [-0.1, -0.05) is 12.1 Å². The van der Waals surface area contributed by atoms with Crippen molar-refractivity contribution in [3.8, 4) is 5.75 Å². The van der Waals surface area contributed by atoms with Gasteiger partial charge in [-0.15, -0.1) is 11.3 Å². The van der Waals surface area contributed by atoms with Crippen molar-refractivity contribution >= 4 is 33.1 Å². The molecule has 1 fully saturated rings. The van der Waals surface area contributed by atoms with Gasteiger partial charge in [0.05, 0.1) is 22.3 Å². The molecule has 2 aromatic heterocycles. The SMILES string of the molecule is Cc1c(C(=O)NC2CCN(c3ccccc3OC(F)F)C2)sc2ncn(C)c(=O)c12. The van der Waals surface area contributed by atoms with Crippen LogP contribution in [0.1, 0.15) is 21.7 Å². The van der Waals surface area contributed by atoms with E-state index in [9.17, 15) is 18.4 Å². The van der Waals surface area contributed by atoms with E-state index >= 15 is 0 Å². The molecule has 0 radical (unpaired) electrons. The van der Waals surface area contributed by atoms with E-state index in [1.165, 1.54) is 28.3 Å². The van der Waals surface area contributed by atoms with Crippen LogP contribution >= 0.6 is 11.3 Å². The number of aryl methyl sites for hydroxylation is 2. The average Bonchev–Trinajstić information content (AvgIpc) is 3.29. The van der Waals surface area contributed by atoms with Crippen molar-refractivity contribution in [2.75, 3.05) is 18.0 Å². The topological polar surface area (TPSA) is 76.5 Å². The van der Waals surface area contributed by atoms with Gasteiger partial charge in [-0.05, 0) is 31.0 Å². The van der Waals surface area contributed by atoms with Crippen LogP contribution in [-0.2, 0) is 7.05 Å². The molecule has 7 nitrogen and oxygen atoms in total. The predicted octanol–water partition coefficient (Wildman–Crippen LogP) is 2.91. The zero-order valence-electron chi connectivity index (χ0n) is 16.4. The minimum Gasteiger partial charge on any atom is -0.433 e. The lowest BCUT2D eigenvalue weighted by atomic mass is 10.2. The molecule has 1 aliphatic heterocycles. The van der Waals surface area contributed by atoms with Crippen LogP contribution in [0.15, 0.2) is 35.4 Å². The monoisotopic (exact) mass is 434 g/mol. The number of nitrogens with one attached hydrogen (secondary N) is 1. The second kappa shape index (κ2) is 8.02. The zero-order valence-corrected chi connectivity index (χ0v) is 17.2. The van der Waals surface area contributed by atoms with Crippen LogP contribution < -0.4 is 20.5 Å². The highest BCUT2D eigenvalue weighted by atomic mass is 32.1. The fraction of sp³-hybridized carbons (Fsp3) is 0.350. The quantitative estimate of drug-likeness (QED) is 0.668. The van der Waals surface area contributed by atoms with Gasteiger partial charge in [0.25, 0.3) is 11.5 Å². The van der Waals surface area contributed by atoms with Crippen LogP contribution in [0.2, 0.25) is 0 Å². The van der Waals surface area contributed by atoms with E-state index in [2.05, 4.69) is 15.0 Å². The first kappa shape index (κ1) is 20.3. The Labute approximate surface area is 174 Å². The summed E-state index contributed by atoms with van der Waals surface area (Å²) in [7, 11) is 1.62. The van der Waals surface area contributed by atoms with Gasteiger partial charge in [-0.25, -0.2) is 4.98 Å². The maximum Gasteiger partial charge on any atom is 0.387 e. The summed E-state index contributed by atoms with van der Waals surface area (Å²) in [6.07, 6.45) is 2.11. The minimum absolute atomic E-state index is 0.113. The molecule has 3 aromatic rings. The number of rotatable bonds is 5. The number of amides is 1. The van der Waals surface area contributed by atoms with E-state index < -0.39 is 6.61 Å². The molecule has 0 spiro atoms. The number of para-hydroxylation sites is 2. The van der Waals surface area contributed by atoms with Crippen LogP contribution in [0.25, 0.3) is 10.2 Å². The van der Waals surface area contributed by atoms with E-state index in [0.29, 0.717) is 45.9 Å². The van der Waals surface area contributed by atoms with Crippen LogP contribution in [0.4, 0.5) is 14.5 Å². The third kappa shape index (κ3) is 3.74. The number of nitrogens with zero attached hydrogens (tertiary/aromatic N) is 3. The van der Waals surface area contributed by atoms with E-state index in [4.69, 9.17) is 0 Å². The Hall–Kier alpha value is -3.01. The summed E-state index contributed by atoms with van der Waals surface area (Å²) in [5, 5.41) is 3.45. The van der Waals surface area contributed by atoms with Gasteiger partial charge in [-0.2, -0.15) is 8.78 Å². The molecule has 0 bridgehead atoms. The summed E-state index contributed by atoms with van der Waals surface area (Å²) in [5.74, 6) is -0.150. The Kier molecular flexibility index (Phi) is 5.42. The van der Waals surface area contributed by atoms with E-state index in [1.54, 1.807) is 32.2 Å². The highest BCUT2D eigenvalue weighted by Gasteiger charge is 2.28. The maximum absolute atomic E-state index is 12.9. The van der Waals surface area contributed by atoms with Gasteiger partial charge in [0.15, 0.2) is 0 Å². The van der Waals surface area contributed by atoms with Gasteiger partial charge >= 0.3 is 6.61 Å². The molecule has 1 saturated heterocycles. The number of alkyl halides is 2.